The van der Waals surface area contributed by atoms with E-state index in [4.69, 9.17) is 4.74 Å². The molecule has 2 amide bonds. The van der Waals surface area contributed by atoms with Gasteiger partial charge in [0.1, 0.15) is 5.75 Å². The third-order valence-electron chi connectivity index (χ3n) is 3.53. The van der Waals surface area contributed by atoms with Gasteiger partial charge >= 0.3 is 6.18 Å². The predicted octanol–water partition coefficient (Wildman–Crippen LogP) is 3.86. The number of hydrogen-bond donors (Lipinski definition) is 2. The van der Waals surface area contributed by atoms with Crippen LogP contribution in [0, 0.1) is 0 Å². The highest BCUT2D eigenvalue weighted by Crippen LogP contribution is 2.35. The van der Waals surface area contributed by atoms with E-state index < -0.39 is 30.0 Å². The summed E-state index contributed by atoms with van der Waals surface area (Å²) in [5.41, 5.74) is -0.448. The molecule has 0 heterocycles. The Balaban J connectivity index is 2.05. The van der Waals surface area contributed by atoms with Gasteiger partial charge in [0, 0.05) is 6.54 Å². The van der Waals surface area contributed by atoms with Crippen LogP contribution in [0.3, 0.4) is 0 Å². The number of alkyl halides is 3. The Bertz CT molecular complexity index is 807. The lowest BCUT2D eigenvalue weighted by Gasteiger charge is -2.14. The fourth-order valence-electron chi connectivity index (χ4n) is 2.28. The fourth-order valence-corrected chi connectivity index (χ4v) is 2.28. The molecule has 0 aliphatic rings. The molecule has 0 saturated heterocycles. The van der Waals surface area contributed by atoms with Gasteiger partial charge in [-0.3, -0.25) is 9.59 Å². The van der Waals surface area contributed by atoms with E-state index in [-0.39, 0.29) is 17.2 Å². The minimum absolute atomic E-state index is 0.254. The number of nitrogens with one attached hydrogen (secondary N) is 2. The maximum Gasteiger partial charge on any atom is 0.419 e. The average molecular weight is 380 g/mol. The molecular formula is C19H19F3N2O3. The molecule has 5 nitrogen and oxygen atoms in total. The largest absolute Gasteiger partial charge is 0.483 e. The lowest BCUT2D eigenvalue weighted by molar-refractivity contribution is -0.139. The monoisotopic (exact) mass is 380 g/mol. The first kappa shape index (κ1) is 20.3. The topological polar surface area (TPSA) is 67.4 Å². The van der Waals surface area contributed by atoms with E-state index in [1.54, 1.807) is 18.2 Å². The van der Waals surface area contributed by atoms with Crippen LogP contribution in [0.1, 0.15) is 29.3 Å². The maximum atomic E-state index is 12.9. The van der Waals surface area contributed by atoms with Crippen molar-refractivity contribution < 1.29 is 27.5 Å². The molecule has 2 aromatic rings. The highest BCUT2D eigenvalue weighted by atomic mass is 19.4. The van der Waals surface area contributed by atoms with Crippen LogP contribution in [0.15, 0.2) is 48.5 Å². The van der Waals surface area contributed by atoms with Crippen LogP contribution in [0.4, 0.5) is 18.9 Å². The molecule has 0 aliphatic heterocycles. The quantitative estimate of drug-likeness (QED) is 0.767. The number of hydrogen-bond acceptors (Lipinski definition) is 3. The molecule has 0 fully saturated rings. The number of halogens is 3. The molecule has 0 aliphatic carbocycles. The Labute approximate surface area is 154 Å². The molecule has 0 saturated carbocycles. The van der Waals surface area contributed by atoms with E-state index in [0.29, 0.717) is 6.54 Å². The predicted molar refractivity (Wildman–Crippen MR) is 94.6 cm³/mol. The zero-order chi connectivity index (χ0) is 19.9. The fraction of sp³-hybridized carbons (Fsp3) is 0.263. The first-order chi connectivity index (χ1) is 12.8. The molecule has 27 heavy (non-hydrogen) atoms. The van der Waals surface area contributed by atoms with Crippen LogP contribution < -0.4 is 15.4 Å². The smallest absolute Gasteiger partial charge is 0.419 e. The molecule has 144 valence electrons. The Morgan fingerprint density at radius 3 is 2.41 bits per heavy atom. The van der Waals surface area contributed by atoms with E-state index in [0.717, 1.165) is 18.6 Å². The second-order valence-corrected chi connectivity index (χ2v) is 5.63. The van der Waals surface area contributed by atoms with Crippen LogP contribution in [-0.2, 0) is 11.0 Å². The molecule has 2 rings (SSSR count). The molecule has 0 aromatic heterocycles. The summed E-state index contributed by atoms with van der Waals surface area (Å²) in [7, 11) is 0. The summed E-state index contributed by atoms with van der Waals surface area (Å²) >= 11 is 0. The Morgan fingerprint density at radius 1 is 1.04 bits per heavy atom. The second kappa shape index (κ2) is 9.07. The number of carbonyl (C=O) groups is 2. The minimum Gasteiger partial charge on any atom is -0.483 e. The third-order valence-corrected chi connectivity index (χ3v) is 3.53. The number of rotatable bonds is 7. The molecule has 0 unspecified atom stereocenters. The Morgan fingerprint density at radius 2 is 1.70 bits per heavy atom. The highest BCUT2D eigenvalue weighted by Gasteiger charge is 2.34. The number of benzene rings is 2. The van der Waals surface area contributed by atoms with Crippen molar-refractivity contribution in [3.8, 4) is 5.75 Å². The van der Waals surface area contributed by atoms with Gasteiger partial charge in [-0.05, 0) is 30.7 Å². The van der Waals surface area contributed by atoms with Gasteiger partial charge in [0.15, 0.2) is 6.61 Å². The summed E-state index contributed by atoms with van der Waals surface area (Å²) in [5, 5.41) is 5.19. The molecule has 0 bridgehead atoms. The molecule has 8 heteroatoms. The van der Waals surface area contributed by atoms with Crippen molar-refractivity contribution in [2.75, 3.05) is 18.5 Å². The van der Waals surface area contributed by atoms with Gasteiger partial charge < -0.3 is 15.4 Å². The molecule has 2 aromatic carbocycles. The number of anilines is 1. The van der Waals surface area contributed by atoms with Gasteiger partial charge in [-0.2, -0.15) is 13.2 Å². The van der Waals surface area contributed by atoms with Gasteiger partial charge in [0.25, 0.3) is 11.8 Å². The normalized spacial score (nSPS) is 11.0. The summed E-state index contributed by atoms with van der Waals surface area (Å²) in [6.45, 7) is 1.76. The van der Waals surface area contributed by atoms with Gasteiger partial charge in [0.05, 0.1) is 16.8 Å². The number of para-hydroxylation sites is 2. The van der Waals surface area contributed by atoms with Crippen LogP contribution in [0.5, 0.6) is 5.75 Å². The van der Waals surface area contributed by atoms with Crippen molar-refractivity contribution in [3.05, 3.63) is 59.7 Å². The molecule has 2 N–H and O–H groups in total. The number of ether oxygens (including phenoxy) is 1. The van der Waals surface area contributed by atoms with Gasteiger partial charge in [0.2, 0.25) is 0 Å². The Kier molecular flexibility index (Phi) is 6.81. The van der Waals surface area contributed by atoms with E-state index in [2.05, 4.69) is 10.6 Å². The lowest BCUT2D eigenvalue weighted by atomic mass is 10.1. The maximum absolute atomic E-state index is 12.9. The summed E-state index contributed by atoms with van der Waals surface area (Å²) in [4.78, 5) is 24.2. The zero-order valence-corrected chi connectivity index (χ0v) is 14.6. The Hall–Kier alpha value is -3.03. The highest BCUT2D eigenvalue weighted by molar-refractivity contribution is 6.04. The second-order valence-electron chi connectivity index (χ2n) is 5.63. The van der Waals surface area contributed by atoms with E-state index in [1.807, 2.05) is 6.92 Å². The van der Waals surface area contributed by atoms with Crippen molar-refractivity contribution >= 4 is 17.5 Å². The summed E-state index contributed by atoms with van der Waals surface area (Å²) in [5.74, 6) is -1.46. The van der Waals surface area contributed by atoms with E-state index in [9.17, 15) is 22.8 Å². The molecule has 0 spiro atoms. The van der Waals surface area contributed by atoms with Crippen LogP contribution >= 0.6 is 0 Å². The summed E-state index contributed by atoms with van der Waals surface area (Å²) in [6, 6.07) is 11.0. The third kappa shape index (κ3) is 5.73. The van der Waals surface area contributed by atoms with Gasteiger partial charge in [-0.15, -0.1) is 0 Å². The minimum atomic E-state index is -4.59. The average Bonchev–Trinajstić information content (AvgIpc) is 2.64. The number of amides is 2. The molecule has 0 radical (unpaired) electrons. The van der Waals surface area contributed by atoms with E-state index >= 15 is 0 Å². The van der Waals surface area contributed by atoms with Crippen molar-refractivity contribution in [3.63, 3.8) is 0 Å². The summed E-state index contributed by atoms with van der Waals surface area (Å²) in [6.07, 6.45) is -3.83. The number of carbonyl (C=O) groups excluding carboxylic acids is 2. The van der Waals surface area contributed by atoms with Crippen LogP contribution in [-0.4, -0.2) is 25.0 Å². The lowest BCUT2D eigenvalue weighted by Crippen LogP contribution is -2.27. The summed E-state index contributed by atoms with van der Waals surface area (Å²) < 4.78 is 43.8. The van der Waals surface area contributed by atoms with Crippen LogP contribution in [0.2, 0.25) is 0 Å². The first-order valence-electron chi connectivity index (χ1n) is 8.29. The molecule has 0 atom stereocenters. The zero-order valence-electron chi connectivity index (χ0n) is 14.6. The standard InChI is InChI=1S/C19H19F3N2O3/c1-2-11-23-18(26)13-7-3-5-9-15(13)24-17(25)12-27-16-10-6-4-8-14(16)19(20,21)22/h3-10H,2,11-12H2,1H3,(H,23,26)(H,24,25). The van der Waals surface area contributed by atoms with Crippen molar-refractivity contribution in [1.82, 2.24) is 5.32 Å². The van der Waals surface area contributed by atoms with Crippen molar-refractivity contribution in [1.29, 1.82) is 0 Å². The van der Waals surface area contributed by atoms with Crippen molar-refractivity contribution in [2.24, 2.45) is 0 Å². The van der Waals surface area contributed by atoms with Gasteiger partial charge in [-0.1, -0.05) is 31.2 Å². The van der Waals surface area contributed by atoms with Gasteiger partial charge in [-0.25, -0.2) is 0 Å². The van der Waals surface area contributed by atoms with Crippen molar-refractivity contribution in [2.45, 2.75) is 19.5 Å². The first-order valence-corrected chi connectivity index (χ1v) is 8.29. The van der Waals surface area contributed by atoms with Crippen LogP contribution in [0.25, 0.3) is 0 Å². The SMILES string of the molecule is CCCNC(=O)c1ccccc1NC(=O)COc1ccccc1C(F)(F)F. The van der Waals surface area contributed by atoms with E-state index in [1.165, 1.54) is 18.2 Å². The molecular weight excluding hydrogens is 361 g/mol.